The van der Waals surface area contributed by atoms with E-state index < -0.39 is 5.97 Å². The van der Waals surface area contributed by atoms with Crippen LogP contribution in [0.25, 0.3) is 11.0 Å². The first-order chi connectivity index (χ1) is 10.2. The van der Waals surface area contributed by atoms with Gasteiger partial charge in [0.25, 0.3) is 0 Å². The molecule has 1 N–H and O–H groups in total. The number of imidazole rings is 2. The number of rotatable bonds is 5. The Kier molecular flexibility index (Phi) is 3.43. The summed E-state index contributed by atoms with van der Waals surface area (Å²) in [5.41, 5.74) is 1.74. The Balaban J connectivity index is 1.90. The van der Waals surface area contributed by atoms with E-state index in [9.17, 15) is 9.90 Å². The third kappa shape index (κ3) is 2.52. The molecule has 0 atom stereocenters. The first kappa shape index (κ1) is 13.4. The molecule has 0 fully saturated rings. The fraction of sp³-hybridized carbons (Fsp3) is 0.267. The summed E-state index contributed by atoms with van der Waals surface area (Å²) in [6, 6.07) is 5.20. The monoisotopic (exact) mass is 284 g/mol. The number of carboxylic acids is 1. The molecule has 0 aliphatic heterocycles. The molecule has 0 saturated carbocycles. The third-order valence-corrected chi connectivity index (χ3v) is 3.55. The number of benzene rings is 1. The number of nitrogens with zero attached hydrogens (tertiary/aromatic N) is 4. The van der Waals surface area contributed by atoms with Gasteiger partial charge in [-0.05, 0) is 25.5 Å². The van der Waals surface area contributed by atoms with E-state index >= 15 is 0 Å². The van der Waals surface area contributed by atoms with Gasteiger partial charge in [-0.25, -0.2) is 14.8 Å². The number of hydrogen-bond acceptors (Lipinski definition) is 3. The summed E-state index contributed by atoms with van der Waals surface area (Å²) >= 11 is 0. The Morgan fingerprint density at radius 1 is 1.33 bits per heavy atom. The molecular weight excluding hydrogens is 268 g/mol. The lowest BCUT2D eigenvalue weighted by Crippen LogP contribution is -2.07. The molecule has 6 heteroatoms. The molecule has 0 unspecified atom stereocenters. The van der Waals surface area contributed by atoms with E-state index in [2.05, 4.69) is 9.97 Å². The highest BCUT2D eigenvalue weighted by Gasteiger charge is 2.15. The average Bonchev–Trinajstić information content (AvgIpc) is 3.06. The highest BCUT2D eigenvalue weighted by atomic mass is 16.4. The summed E-state index contributed by atoms with van der Waals surface area (Å²) in [6.45, 7) is 3.47. The number of aromatic nitrogens is 4. The van der Waals surface area contributed by atoms with Crippen LogP contribution in [0, 0.1) is 6.92 Å². The standard InChI is InChI=1S/C15H16N4O2/c1-11-17-13-5-2-4-12(15(20)21)14(13)19(11)8-3-7-18-9-6-16-10-18/h2,4-6,9-10H,3,7-8H2,1H3,(H,20,21). The van der Waals surface area contributed by atoms with Crippen LogP contribution >= 0.6 is 0 Å². The number of hydrogen-bond donors (Lipinski definition) is 1. The van der Waals surface area contributed by atoms with Crippen molar-refractivity contribution in [3.8, 4) is 0 Å². The molecule has 6 nitrogen and oxygen atoms in total. The predicted octanol–water partition coefficient (Wildman–Crippen LogP) is 2.33. The molecular formula is C15H16N4O2. The van der Waals surface area contributed by atoms with Crippen LogP contribution < -0.4 is 0 Å². The second-order valence-electron chi connectivity index (χ2n) is 4.94. The zero-order valence-corrected chi connectivity index (χ0v) is 11.7. The van der Waals surface area contributed by atoms with Crippen molar-refractivity contribution in [2.75, 3.05) is 0 Å². The molecule has 0 radical (unpaired) electrons. The van der Waals surface area contributed by atoms with Crippen molar-refractivity contribution in [3.05, 3.63) is 48.3 Å². The van der Waals surface area contributed by atoms with Crippen molar-refractivity contribution in [1.82, 2.24) is 19.1 Å². The Morgan fingerprint density at radius 3 is 2.90 bits per heavy atom. The van der Waals surface area contributed by atoms with Gasteiger partial charge in [-0.1, -0.05) is 6.07 Å². The molecule has 108 valence electrons. The maximum absolute atomic E-state index is 11.4. The fourth-order valence-electron chi connectivity index (χ4n) is 2.58. The Morgan fingerprint density at radius 2 is 2.19 bits per heavy atom. The van der Waals surface area contributed by atoms with Crippen LogP contribution in [-0.4, -0.2) is 30.2 Å². The molecule has 0 spiro atoms. The summed E-state index contributed by atoms with van der Waals surface area (Å²) in [5.74, 6) is -0.0827. The lowest BCUT2D eigenvalue weighted by Gasteiger charge is -2.09. The second-order valence-corrected chi connectivity index (χ2v) is 4.94. The molecule has 0 aliphatic carbocycles. The minimum absolute atomic E-state index is 0.302. The lowest BCUT2D eigenvalue weighted by molar-refractivity contribution is 0.0698. The highest BCUT2D eigenvalue weighted by molar-refractivity contribution is 6.01. The summed E-state index contributed by atoms with van der Waals surface area (Å²) in [5, 5.41) is 9.34. The summed E-state index contributed by atoms with van der Waals surface area (Å²) in [4.78, 5) is 19.8. The molecule has 21 heavy (non-hydrogen) atoms. The van der Waals surface area contributed by atoms with Gasteiger partial charge in [0, 0.05) is 25.5 Å². The van der Waals surface area contributed by atoms with Crippen molar-refractivity contribution in [1.29, 1.82) is 0 Å². The Labute approximate surface area is 121 Å². The van der Waals surface area contributed by atoms with Gasteiger partial charge in [-0.15, -0.1) is 0 Å². The number of aryl methyl sites for hydroxylation is 3. The third-order valence-electron chi connectivity index (χ3n) is 3.55. The van der Waals surface area contributed by atoms with E-state index in [0.717, 1.165) is 30.9 Å². The largest absolute Gasteiger partial charge is 0.478 e. The lowest BCUT2D eigenvalue weighted by atomic mass is 10.2. The molecule has 2 aromatic heterocycles. The van der Waals surface area contributed by atoms with Crippen LogP contribution in [0.3, 0.4) is 0 Å². The fourth-order valence-corrected chi connectivity index (χ4v) is 2.58. The molecule has 0 bridgehead atoms. The topological polar surface area (TPSA) is 72.9 Å². The molecule has 0 saturated heterocycles. The van der Waals surface area contributed by atoms with Crippen molar-refractivity contribution in [2.24, 2.45) is 0 Å². The van der Waals surface area contributed by atoms with Gasteiger partial charge in [-0.2, -0.15) is 0 Å². The van der Waals surface area contributed by atoms with E-state index in [4.69, 9.17) is 0 Å². The van der Waals surface area contributed by atoms with Crippen molar-refractivity contribution in [3.63, 3.8) is 0 Å². The molecule has 1 aromatic carbocycles. The Hall–Kier alpha value is -2.63. The molecule has 0 amide bonds. The van der Waals surface area contributed by atoms with Gasteiger partial charge in [0.15, 0.2) is 0 Å². The number of aromatic carboxylic acids is 1. The van der Waals surface area contributed by atoms with Crippen LogP contribution in [0.5, 0.6) is 0 Å². The Bertz CT molecular complexity index is 774. The highest BCUT2D eigenvalue weighted by Crippen LogP contribution is 2.21. The van der Waals surface area contributed by atoms with Crippen LogP contribution in [0.4, 0.5) is 0 Å². The van der Waals surface area contributed by atoms with Gasteiger partial charge in [0.1, 0.15) is 5.82 Å². The number of fused-ring (bicyclic) bond motifs is 1. The van der Waals surface area contributed by atoms with E-state index in [-0.39, 0.29) is 0 Å². The zero-order chi connectivity index (χ0) is 14.8. The minimum Gasteiger partial charge on any atom is -0.478 e. The van der Waals surface area contributed by atoms with Crippen LogP contribution in [-0.2, 0) is 13.1 Å². The van der Waals surface area contributed by atoms with Crippen LogP contribution in [0.15, 0.2) is 36.9 Å². The van der Waals surface area contributed by atoms with Crippen molar-refractivity contribution in [2.45, 2.75) is 26.4 Å². The van der Waals surface area contributed by atoms with E-state index in [1.165, 1.54) is 0 Å². The first-order valence-corrected chi connectivity index (χ1v) is 6.81. The maximum Gasteiger partial charge on any atom is 0.337 e. The number of carbonyl (C=O) groups is 1. The molecule has 3 aromatic rings. The summed E-state index contributed by atoms with van der Waals surface area (Å²) < 4.78 is 3.99. The minimum atomic E-state index is -0.920. The predicted molar refractivity (Wildman–Crippen MR) is 78.3 cm³/mol. The average molecular weight is 284 g/mol. The van der Waals surface area contributed by atoms with Crippen molar-refractivity contribution >= 4 is 17.0 Å². The molecule has 0 aliphatic rings. The number of para-hydroxylation sites is 1. The smallest absolute Gasteiger partial charge is 0.337 e. The van der Waals surface area contributed by atoms with Crippen molar-refractivity contribution < 1.29 is 9.90 Å². The van der Waals surface area contributed by atoms with Crippen LogP contribution in [0.1, 0.15) is 22.6 Å². The zero-order valence-electron chi connectivity index (χ0n) is 11.7. The van der Waals surface area contributed by atoms with Gasteiger partial charge in [0.2, 0.25) is 0 Å². The first-order valence-electron chi connectivity index (χ1n) is 6.81. The van der Waals surface area contributed by atoms with Crippen LogP contribution in [0.2, 0.25) is 0 Å². The molecule has 3 rings (SSSR count). The normalized spacial score (nSPS) is 11.1. The van der Waals surface area contributed by atoms with E-state index in [1.807, 2.05) is 28.3 Å². The SMILES string of the molecule is Cc1nc2cccc(C(=O)O)c2n1CCCn1ccnc1. The number of carboxylic acid groups (broad SMARTS) is 1. The van der Waals surface area contributed by atoms with E-state index in [0.29, 0.717) is 11.1 Å². The quantitative estimate of drug-likeness (QED) is 0.780. The van der Waals surface area contributed by atoms with E-state index in [1.54, 1.807) is 24.7 Å². The second kappa shape index (κ2) is 5.40. The van der Waals surface area contributed by atoms with Gasteiger partial charge in [0.05, 0.1) is 22.9 Å². The maximum atomic E-state index is 11.4. The summed E-state index contributed by atoms with van der Waals surface area (Å²) in [7, 11) is 0. The van der Waals surface area contributed by atoms with Gasteiger partial charge < -0.3 is 14.2 Å². The summed E-state index contributed by atoms with van der Waals surface area (Å²) in [6.07, 6.45) is 6.33. The molecule has 2 heterocycles. The van der Waals surface area contributed by atoms with Gasteiger partial charge >= 0.3 is 5.97 Å². The van der Waals surface area contributed by atoms with Gasteiger partial charge in [-0.3, -0.25) is 0 Å².